The molecular formula is C25H29FN4O4S. The molecule has 2 amide bonds. The summed E-state index contributed by atoms with van der Waals surface area (Å²) in [7, 11) is 1.40. The van der Waals surface area contributed by atoms with Gasteiger partial charge in [-0.2, -0.15) is 5.26 Å². The Labute approximate surface area is 208 Å². The molecule has 8 nitrogen and oxygen atoms in total. The molecule has 0 aliphatic carbocycles. The first-order valence-corrected chi connectivity index (χ1v) is 12.0. The minimum Gasteiger partial charge on any atom is -0.496 e. The van der Waals surface area contributed by atoms with Gasteiger partial charge in [0.2, 0.25) is 5.91 Å². The smallest absolute Gasteiger partial charge is 0.258 e. The van der Waals surface area contributed by atoms with Gasteiger partial charge in [0, 0.05) is 12.6 Å². The zero-order valence-electron chi connectivity index (χ0n) is 20.7. The second-order valence-corrected chi connectivity index (χ2v) is 10.5. The van der Waals surface area contributed by atoms with Crippen molar-refractivity contribution in [2.24, 2.45) is 5.41 Å². The Morgan fingerprint density at radius 1 is 1.31 bits per heavy atom. The minimum absolute atomic E-state index is 0.0401. The van der Waals surface area contributed by atoms with Crippen molar-refractivity contribution in [3.05, 3.63) is 45.6 Å². The summed E-state index contributed by atoms with van der Waals surface area (Å²) in [6.45, 7) is 8.90. The number of ketones is 1. The number of carbonyl (C=O) groups is 3. The molecule has 3 rings (SSSR count). The average molecular weight is 501 g/mol. The molecule has 1 aromatic carbocycles. The van der Waals surface area contributed by atoms with Gasteiger partial charge in [-0.1, -0.05) is 0 Å². The van der Waals surface area contributed by atoms with Crippen molar-refractivity contribution in [2.75, 3.05) is 31.8 Å². The number of fused-ring (bicyclic) bond motifs is 1. The SMILES string of the molecule is COc1ccc(F)cc1C(=O)CN1CN(CC(C)(C)C(=O)NC(C)C)C(=O)c2c1sc(C#N)c2C. The second kappa shape index (κ2) is 10.0. The summed E-state index contributed by atoms with van der Waals surface area (Å²) in [6.07, 6.45) is 0. The fourth-order valence-corrected chi connectivity index (χ4v) is 5.07. The van der Waals surface area contributed by atoms with Gasteiger partial charge in [0.25, 0.3) is 5.91 Å². The zero-order valence-corrected chi connectivity index (χ0v) is 21.5. The maximum atomic E-state index is 13.9. The third-order valence-corrected chi connectivity index (χ3v) is 7.03. The van der Waals surface area contributed by atoms with Crippen molar-refractivity contribution >= 4 is 33.9 Å². The first kappa shape index (κ1) is 26.2. The fourth-order valence-electron chi connectivity index (χ4n) is 3.98. The lowest BCUT2D eigenvalue weighted by Crippen LogP contribution is -2.54. The van der Waals surface area contributed by atoms with Crippen LogP contribution in [-0.2, 0) is 4.79 Å². The van der Waals surface area contributed by atoms with Gasteiger partial charge in [-0.05, 0) is 58.4 Å². The van der Waals surface area contributed by atoms with Crippen LogP contribution in [0.5, 0.6) is 5.75 Å². The lowest BCUT2D eigenvalue weighted by Gasteiger charge is -2.39. The van der Waals surface area contributed by atoms with E-state index in [9.17, 15) is 24.0 Å². The number of thiophene rings is 1. The number of amides is 2. The van der Waals surface area contributed by atoms with E-state index in [0.29, 0.717) is 21.0 Å². The Balaban J connectivity index is 1.98. The molecule has 10 heteroatoms. The lowest BCUT2D eigenvalue weighted by molar-refractivity contribution is -0.130. The Kier molecular flexibility index (Phi) is 7.50. The number of methoxy groups -OCH3 is 1. The molecule has 1 N–H and O–H groups in total. The molecule has 1 aromatic heterocycles. The number of nitrogens with zero attached hydrogens (tertiary/aromatic N) is 3. The molecule has 0 unspecified atom stereocenters. The van der Waals surface area contributed by atoms with Crippen LogP contribution in [0.2, 0.25) is 0 Å². The highest BCUT2D eigenvalue weighted by Crippen LogP contribution is 2.40. The van der Waals surface area contributed by atoms with Crippen LogP contribution >= 0.6 is 11.3 Å². The lowest BCUT2D eigenvalue weighted by atomic mass is 9.90. The van der Waals surface area contributed by atoms with Crippen molar-refractivity contribution < 1.29 is 23.5 Å². The van der Waals surface area contributed by atoms with Crippen molar-refractivity contribution in [3.8, 4) is 11.8 Å². The molecule has 2 aromatic rings. The number of anilines is 1. The predicted octanol–water partition coefficient (Wildman–Crippen LogP) is 3.73. The topological polar surface area (TPSA) is 103 Å². The van der Waals surface area contributed by atoms with Gasteiger partial charge in [0.1, 0.15) is 27.5 Å². The van der Waals surface area contributed by atoms with Gasteiger partial charge in [-0.25, -0.2) is 4.39 Å². The molecule has 0 fully saturated rings. The largest absolute Gasteiger partial charge is 0.496 e. The standard InChI is InChI=1S/C25H29FN4O4S/c1-14(2)28-24(33)25(4,5)12-30-13-29(23-21(22(30)32)15(3)20(10-27)35-23)11-18(31)17-9-16(26)7-8-19(17)34-6/h7-9,14H,11-13H2,1-6H3,(H,28,33). The first-order valence-electron chi connectivity index (χ1n) is 11.1. The molecule has 0 bridgehead atoms. The summed E-state index contributed by atoms with van der Waals surface area (Å²) < 4.78 is 19.1. The number of nitrogens with one attached hydrogen (secondary N) is 1. The Hall–Kier alpha value is -3.45. The third-order valence-electron chi connectivity index (χ3n) is 5.78. The molecule has 186 valence electrons. The van der Waals surface area contributed by atoms with E-state index in [4.69, 9.17) is 4.74 Å². The summed E-state index contributed by atoms with van der Waals surface area (Å²) in [5.74, 6) is -1.22. The Bertz CT molecular complexity index is 1210. The van der Waals surface area contributed by atoms with E-state index in [1.807, 2.05) is 13.8 Å². The molecular weight excluding hydrogens is 471 g/mol. The van der Waals surface area contributed by atoms with Gasteiger partial charge in [0.15, 0.2) is 5.78 Å². The van der Waals surface area contributed by atoms with Crippen LogP contribution in [-0.4, -0.2) is 55.4 Å². The minimum atomic E-state index is -0.902. The number of ether oxygens (including phenoxy) is 1. The quantitative estimate of drug-likeness (QED) is 0.554. The third kappa shape index (κ3) is 5.30. The fraction of sp³-hybridized carbons (Fsp3) is 0.440. The monoisotopic (exact) mass is 500 g/mol. The molecule has 2 heterocycles. The van der Waals surface area contributed by atoms with Crippen LogP contribution < -0.4 is 15.0 Å². The summed E-state index contributed by atoms with van der Waals surface area (Å²) >= 11 is 1.14. The highest BCUT2D eigenvalue weighted by molar-refractivity contribution is 7.17. The van der Waals surface area contributed by atoms with E-state index in [1.165, 1.54) is 24.1 Å². The van der Waals surface area contributed by atoms with Crippen molar-refractivity contribution in [1.29, 1.82) is 5.26 Å². The Morgan fingerprint density at radius 2 is 2.00 bits per heavy atom. The first-order chi connectivity index (χ1) is 16.4. The molecule has 0 saturated heterocycles. The zero-order chi connectivity index (χ0) is 26.1. The van der Waals surface area contributed by atoms with Crippen molar-refractivity contribution in [2.45, 2.75) is 40.7 Å². The number of hydrogen-bond acceptors (Lipinski definition) is 7. The molecule has 1 aliphatic rings. The van der Waals surface area contributed by atoms with E-state index in [0.717, 1.165) is 17.4 Å². The van der Waals surface area contributed by atoms with E-state index < -0.39 is 17.0 Å². The number of benzene rings is 1. The van der Waals surface area contributed by atoms with Crippen LogP contribution in [0.3, 0.4) is 0 Å². The van der Waals surface area contributed by atoms with Gasteiger partial charge >= 0.3 is 0 Å². The van der Waals surface area contributed by atoms with E-state index in [-0.39, 0.29) is 48.9 Å². The average Bonchev–Trinajstić information content (AvgIpc) is 3.13. The summed E-state index contributed by atoms with van der Waals surface area (Å²) in [5, 5.41) is 12.9. The predicted molar refractivity (Wildman–Crippen MR) is 131 cm³/mol. The number of halogens is 1. The molecule has 0 saturated carbocycles. The number of Topliss-reactive ketones (excluding diaryl/α,β-unsaturated/α-hetero) is 1. The van der Waals surface area contributed by atoms with Crippen LogP contribution in [0.1, 0.15) is 58.9 Å². The normalized spacial score (nSPS) is 13.5. The van der Waals surface area contributed by atoms with Gasteiger partial charge in [0.05, 0.1) is 36.9 Å². The van der Waals surface area contributed by atoms with E-state index in [2.05, 4.69) is 11.4 Å². The Morgan fingerprint density at radius 3 is 2.60 bits per heavy atom. The summed E-state index contributed by atoms with van der Waals surface area (Å²) in [6, 6.07) is 5.77. The molecule has 1 aliphatic heterocycles. The van der Waals surface area contributed by atoms with E-state index in [1.54, 1.807) is 25.7 Å². The van der Waals surface area contributed by atoms with E-state index >= 15 is 0 Å². The number of nitriles is 1. The molecule has 0 spiro atoms. The number of rotatable bonds is 8. The second-order valence-electron chi connectivity index (χ2n) is 9.47. The maximum Gasteiger partial charge on any atom is 0.258 e. The number of carbonyl (C=O) groups excluding carboxylic acids is 3. The summed E-state index contributed by atoms with van der Waals surface area (Å²) in [4.78, 5) is 43.0. The molecule has 0 radical (unpaired) electrons. The van der Waals surface area contributed by atoms with Crippen LogP contribution in [0.15, 0.2) is 18.2 Å². The van der Waals surface area contributed by atoms with Crippen molar-refractivity contribution in [3.63, 3.8) is 0 Å². The maximum absolute atomic E-state index is 13.9. The number of hydrogen-bond donors (Lipinski definition) is 1. The molecule has 0 atom stereocenters. The van der Waals surface area contributed by atoms with Crippen LogP contribution in [0.4, 0.5) is 9.39 Å². The summed E-state index contributed by atoms with van der Waals surface area (Å²) in [5.41, 5.74) is 0.0631. The van der Waals surface area contributed by atoms with Gasteiger partial charge in [-0.3, -0.25) is 14.4 Å². The highest BCUT2D eigenvalue weighted by atomic mass is 32.1. The van der Waals surface area contributed by atoms with Crippen molar-refractivity contribution in [1.82, 2.24) is 10.2 Å². The van der Waals surface area contributed by atoms with Crippen LogP contribution in [0.25, 0.3) is 0 Å². The van der Waals surface area contributed by atoms with Crippen LogP contribution in [0, 0.1) is 29.5 Å². The molecule has 35 heavy (non-hydrogen) atoms. The van der Waals surface area contributed by atoms with Gasteiger partial charge in [-0.15, -0.1) is 11.3 Å². The highest BCUT2D eigenvalue weighted by Gasteiger charge is 2.39. The van der Waals surface area contributed by atoms with Gasteiger partial charge < -0.3 is 19.9 Å².